The Morgan fingerprint density at radius 2 is 1.76 bits per heavy atom. The first-order valence-electron chi connectivity index (χ1n) is 14.1. The van der Waals surface area contributed by atoms with E-state index in [1.54, 1.807) is 37.5 Å². The zero-order valence-electron chi connectivity index (χ0n) is 24.7. The van der Waals surface area contributed by atoms with Crippen LogP contribution in [0, 0.1) is 22.7 Å². The number of pyridine rings is 1. The molecule has 1 N–H and O–H groups in total. The lowest BCUT2D eigenvalue weighted by Gasteiger charge is -2.66. The zero-order valence-corrected chi connectivity index (χ0v) is 24.7. The molecule has 1 aliphatic heterocycles. The van der Waals surface area contributed by atoms with Crippen LogP contribution in [0.2, 0.25) is 0 Å². The van der Waals surface area contributed by atoms with E-state index < -0.39 is 64.2 Å². The van der Waals surface area contributed by atoms with Gasteiger partial charge in [0.05, 0.1) is 6.10 Å². The molecule has 0 saturated heterocycles. The standard InChI is InChI=1S/C31H37NO10/c1-16(33)38-15-30(5)22-13-24(40-18(3)35)31(6)27(29(22,4)10-9-23(30)39-17(2)34)26(36)25-21(42-31)12-20(41-28(25)37)19-8-7-11-32-14-19/h7-8,11-12,14,22-24,26-27,36H,9-10,13,15H2,1-6H3/t22?,23-,24?,26-,27?,29?,30?,31?/m0/s1. The number of hydrogen-bond donors (Lipinski definition) is 1. The summed E-state index contributed by atoms with van der Waals surface area (Å²) < 4.78 is 29.5. The van der Waals surface area contributed by atoms with Crippen LogP contribution in [0.4, 0.5) is 0 Å². The van der Waals surface area contributed by atoms with Crippen molar-refractivity contribution < 1.29 is 42.9 Å². The number of carbonyl (C=O) groups excluding carboxylic acids is 3. The number of aliphatic hydroxyl groups excluding tert-OH is 1. The van der Waals surface area contributed by atoms with Crippen molar-refractivity contribution in [3.05, 3.63) is 46.6 Å². The molecule has 0 amide bonds. The molecule has 0 radical (unpaired) electrons. The maximum absolute atomic E-state index is 13.4. The van der Waals surface area contributed by atoms with Crippen LogP contribution in [0.25, 0.3) is 11.3 Å². The average molecular weight is 584 g/mol. The minimum Gasteiger partial charge on any atom is -0.482 e. The van der Waals surface area contributed by atoms with Gasteiger partial charge in [-0.1, -0.05) is 13.8 Å². The number of nitrogens with zero attached hydrogens (tertiary/aromatic N) is 1. The largest absolute Gasteiger partial charge is 0.482 e. The highest BCUT2D eigenvalue weighted by Gasteiger charge is 2.70. The monoisotopic (exact) mass is 583 g/mol. The summed E-state index contributed by atoms with van der Waals surface area (Å²) >= 11 is 0. The fourth-order valence-electron chi connectivity index (χ4n) is 8.04. The Balaban J connectivity index is 1.66. The van der Waals surface area contributed by atoms with Crippen molar-refractivity contribution in [3.8, 4) is 17.1 Å². The summed E-state index contributed by atoms with van der Waals surface area (Å²) in [5.74, 6) is -2.25. The molecule has 3 heterocycles. The van der Waals surface area contributed by atoms with Crippen LogP contribution in [0.1, 0.15) is 72.5 Å². The minimum absolute atomic E-state index is 0.0163. The summed E-state index contributed by atoms with van der Waals surface area (Å²) in [5.41, 5.74) is -3.09. The summed E-state index contributed by atoms with van der Waals surface area (Å²) in [4.78, 5) is 54.0. The summed E-state index contributed by atoms with van der Waals surface area (Å²) in [7, 11) is 0. The number of ether oxygens (including phenoxy) is 4. The quantitative estimate of drug-likeness (QED) is 0.405. The maximum atomic E-state index is 13.4. The predicted molar refractivity (Wildman–Crippen MR) is 147 cm³/mol. The van der Waals surface area contributed by atoms with Gasteiger partial charge < -0.3 is 28.5 Å². The fourth-order valence-corrected chi connectivity index (χ4v) is 8.04. The molecule has 2 aromatic rings. The van der Waals surface area contributed by atoms with Crippen LogP contribution >= 0.6 is 0 Å². The molecule has 3 aliphatic rings. The van der Waals surface area contributed by atoms with Crippen LogP contribution in [-0.4, -0.2) is 52.4 Å². The van der Waals surface area contributed by atoms with Crippen molar-refractivity contribution in [2.24, 2.45) is 22.7 Å². The van der Waals surface area contributed by atoms with Gasteiger partial charge in [-0.15, -0.1) is 0 Å². The summed E-state index contributed by atoms with van der Waals surface area (Å²) in [6.45, 7) is 9.56. The van der Waals surface area contributed by atoms with E-state index in [1.807, 2.05) is 13.8 Å². The van der Waals surface area contributed by atoms with Crippen molar-refractivity contribution in [3.63, 3.8) is 0 Å². The topological polar surface area (TPSA) is 151 Å². The third-order valence-corrected chi connectivity index (χ3v) is 9.73. The van der Waals surface area contributed by atoms with Gasteiger partial charge in [-0.05, 0) is 49.7 Å². The van der Waals surface area contributed by atoms with Crippen LogP contribution in [0.15, 0.2) is 39.8 Å². The molecular weight excluding hydrogens is 546 g/mol. The Kier molecular flexibility index (Phi) is 7.45. The minimum atomic E-state index is -1.34. The number of rotatable bonds is 5. The van der Waals surface area contributed by atoms with Gasteiger partial charge in [-0.25, -0.2) is 4.79 Å². The van der Waals surface area contributed by atoms with Crippen molar-refractivity contribution >= 4 is 17.9 Å². The van der Waals surface area contributed by atoms with Gasteiger partial charge in [0.25, 0.3) is 0 Å². The highest BCUT2D eigenvalue weighted by atomic mass is 16.6. The number of fused-ring (bicyclic) bond motifs is 4. The van der Waals surface area contributed by atoms with Gasteiger partial charge in [0, 0.05) is 56.1 Å². The molecule has 2 aliphatic carbocycles. The number of carbonyl (C=O) groups is 3. The van der Waals surface area contributed by atoms with Crippen molar-refractivity contribution in [1.29, 1.82) is 0 Å². The number of aromatic nitrogens is 1. The first-order chi connectivity index (χ1) is 19.7. The van der Waals surface area contributed by atoms with Crippen LogP contribution < -0.4 is 10.4 Å². The number of aliphatic hydroxyl groups is 1. The molecule has 11 heteroatoms. The Morgan fingerprint density at radius 3 is 2.38 bits per heavy atom. The Bertz CT molecular complexity index is 1460. The molecule has 2 saturated carbocycles. The molecule has 0 aromatic carbocycles. The third-order valence-electron chi connectivity index (χ3n) is 9.73. The lowest BCUT2D eigenvalue weighted by molar-refractivity contribution is -0.270. The predicted octanol–water partition coefficient (Wildman–Crippen LogP) is 3.76. The van der Waals surface area contributed by atoms with Crippen LogP contribution in [0.5, 0.6) is 5.75 Å². The molecular formula is C31H37NO10. The smallest absolute Gasteiger partial charge is 0.345 e. The molecule has 5 rings (SSSR count). The fraction of sp³-hybridized carbons (Fsp3) is 0.581. The maximum Gasteiger partial charge on any atom is 0.345 e. The zero-order chi connectivity index (χ0) is 30.6. The molecule has 42 heavy (non-hydrogen) atoms. The Morgan fingerprint density at radius 1 is 1.07 bits per heavy atom. The molecule has 11 nitrogen and oxygen atoms in total. The van der Waals surface area contributed by atoms with Crippen LogP contribution in [0.3, 0.4) is 0 Å². The van der Waals surface area contributed by atoms with Gasteiger partial charge >= 0.3 is 23.5 Å². The van der Waals surface area contributed by atoms with E-state index in [-0.39, 0.29) is 36.0 Å². The van der Waals surface area contributed by atoms with Crippen LogP contribution in [-0.2, 0) is 28.6 Å². The normalized spacial score (nSPS) is 35.0. The third kappa shape index (κ3) is 4.77. The van der Waals surface area contributed by atoms with Gasteiger partial charge in [0.1, 0.15) is 41.5 Å². The van der Waals surface area contributed by atoms with Gasteiger partial charge in [0.15, 0.2) is 0 Å². The summed E-state index contributed by atoms with van der Waals surface area (Å²) in [5, 5.41) is 12.1. The Labute approximate surface area is 243 Å². The van der Waals surface area contributed by atoms with E-state index >= 15 is 0 Å². The van der Waals surface area contributed by atoms with Gasteiger partial charge in [-0.3, -0.25) is 19.4 Å². The molecule has 2 fully saturated rings. The first kappa shape index (κ1) is 29.8. The van der Waals surface area contributed by atoms with Crippen molar-refractivity contribution in [2.45, 2.75) is 84.7 Å². The molecule has 8 atom stereocenters. The lowest BCUT2D eigenvalue weighted by Crippen LogP contribution is -2.71. The average Bonchev–Trinajstić information content (AvgIpc) is 2.90. The first-order valence-corrected chi connectivity index (χ1v) is 14.1. The summed E-state index contributed by atoms with van der Waals surface area (Å²) in [6.07, 6.45) is 1.53. The molecule has 6 unspecified atom stereocenters. The lowest BCUT2D eigenvalue weighted by atomic mass is 9.42. The summed E-state index contributed by atoms with van der Waals surface area (Å²) in [6, 6.07) is 5.00. The Hall–Kier alpha value is -3.73. The second-order valence-electron chi connectivity index (χ2n) is 12.4. The molecule has 0 spiro atoms. The van der Waals surface area contributed by atoms with E-state index in [9.17, 15) is 24.3 Å². The highest BCUT2D eigenvalue weighted by molar-refractivity contribution is 5.67. The van der Waals surface area contributed by atoms with E-state index in [0.29, 0.717) is 18.4 Å². The molecule has 0 bridgehead atoms. The molecule has 226 valence electrons. The second-order valence-corrected chi connectivity index (χ2v) is 12.4. The van der Waals surface area contributed by atoms with E-state index in [2.05, 4.69) is 4.98 Å². The van der Waals surface area contributed by atoms with Gasteiger partial charge in [0.2, 0.25) is 0 Å². The van der Waals surface area contributed by atoms with E-state index in [0.717, 1.165) is 0 Å². The highest BCUT2D eigenvalue weighted by Crippen LogP contribution is 2.67. The van der Waals surface area contributed by atoms with E-state index in [1.165, 1.54) is 20.8 Å². The van der Waals surface area contributed by atoms with Crippen molar-refractivity contribution in [2.75, 3.05) is 6.61 Å². The van der Waals surface area contributed by atoms with E-state index in [4.69, 9.17) is 23.4 Å². The number of hydrogen-bond acceptors (Lipinski definition) is 11. The number of esters is 3. The SMILES string of the molecule is CC(=O)OCC1(C)C2CC(OC(C)=O)C3(C)Oc4cc(-c5cccnc5)oc(=O)c4[C@H](O)C3C2(C)CC[C@@H]1OC(C)=O. The molecule has 2 aromatic heterocycles. The van der Waals surface area contributed by atoms with Crippen molar-refractivity contribution in [1.82, 2.24) is 4.98 Å². The van der Waals surface area contributed by atoms with Gasteiger partial charge in [-0.2, -0.15) is 0 Å². The second kappa shape index (κ2) is 10.5.